The second-order valence-electron chi connectivity index (χ2n) is 4.48. The quantitative estimate of drug-likeness (QED) is 0.836. The van der Waals surface area contributed by atoms with Crippen molar-refractivity contribution < 1.29 is 13.2 Å². The monoisotopic (exact) mass is 243 g/mol. The summed E-state index contributed by atoms with van der Waals surface area (Å²) in [4.78, 5) is 3.98. The number of fused-ring (bicyclic) bond motifs is 1. The van der Waals surface area contributed by atoms with Crippen LogP contribution in [0.1, 0.15) is 25.2 Å². The molecule has 2 aromatic rings. The van der Waals surface area contributed by atoms with Crippen molar-refractivity contribution in [3.63, 3.8) is 0 Å². The fourth-order valence-corrected chi connectivity index (χ4v) is 1.74. The third-order valence-electron chi connectivity index (χ3n) is 2.45. The first-order chi connectivity index (χ1) is 7.71. The van der Waals surface area contributed by atoms with Gasteiger partial charge in [-0.05, 0) is 26.0 Å². The lowest BCUT2D eigenvalue weighted by molar-refractivity contribution is -0.136. The van der Waals surface area contributed by atoms with Crippen molar-refractivity contribution in [1.29, 1.82) is 0 Å². The molecule has 0 saturated carbocycles. The maximum Gasteiger partial charge on any atom is 0.418 e. The number of imidazole rings is 1. The summed E-state index contributed by atoms with van der Waals surface area (Å²) in [5.41, 5.74) is 4.38. The number of hydrogen-bond acceptors (Lipinski definition) is 2. The lowest BCUT2D eigenvalue weighted by Gasteiger charge is -2.17. The summed E-state index contributed by atoms with van der Waals surface area (Å²) < 4.78 is 39.6. The number of rotatable bonds is 1. The summed E-state index contributed by atoms with van der Waals surface area (Å²) in [6.07, 6.45) is -1.66. The summed E-state index contributed by atoms with van der Waals surface area (Å²) in [5.74, 6) is 0.401. The van der Waals surface area contributed by atoms with Crippen molar-refractivity contribution in [2.45, 2.75) is 25.6 Å². The summed E-state index contributed by atoms with van der Waals surface area (Å²) in [5, 5.41) is 0. The van der Waals surface area contributed by atoms with Gasteiger partial charge in [-0.2, -0.15) is 13.2 Å². The fraction of sp³-hybridized carbons (Fsp3) is 0.364. The van der Waals surface area contributed by atoms with Crippen LogP contribution in [0.3, 0.4) is 0 Å². The highest BCUT2D eigenvalue weighted by Crippen LogP contribution is 2.33. The molecular formula is C11H12F3N3. The predicted octanol–water partition coefficient (Wildman–Crippen LogP) is 2.55. The SMILES string of the molecule is CC(C)(N)c1ncc2c(C(F)(F)F)cccn12. The van der Waals surface area contributed by atoms with E-state index in [9.17, 15) is 13.2 Å². The van der Waals surface area contributed by atoms with E-state index in [1.54, 1.807) is 13.8 Å². The van der Waals surface area contributed by atoms with E-state index in [2.05, 4.69) is 4.98 Å². The molecule has 0 aliphatic rings. The number of nitrogens with two attached hydrogens (primary N) is 1. The average molecular weight is 243 g/mol. The van der Waals surface area contributed by atoms with Gasteiger partial charge < -0.3 is 10.1 Å². The van der Waals surface area contributed by atoms with Crippen molar-refractivity contribution in [2.24, 2.45) is 5.73 Å². The van der Waals surface area contributed by atoms with Crippen LogP contribution < -0.4 is 5.73 Å². The third-order valence-corrected chi connectivity index (χ3v) is 2.45. The van der Waals surface area contributed by atoms with Gasteiger partial charge in [0.2, 0.25) is 0 Å². The molecule has 0 spiro atoms. The maximum atomic E-state index is 12.8. The number of nitrogens with zero attached hydrogens (tertiary/aromatic N) is 2. The molecule has 92 valence electrons. The number of hydrogen-bond donors (Lipinski definition) is 1. The Labute approximate surface area is 96.1 Å². The van der Waals surface area contributed by atoms with Gasteiger partial charge >= 0.3 is 6.18 Å². The van der Waals surface area contributed by atoms with Gasteiger partial charge in [0.25, 0.3) is 0 Å². The first-order valence-electron chi connectivity index (χ1n) is 5.04. The number of pyridine rings is 1. The molecule has 2 aromatic heterocycles. The summed E-state index contributed by atoms with van der Waals surface area (Å²) >= 11 is 0. The zero-order valence-electron chi connectivity index (χ0n) is 9.42. The van der Waals surface area contributed by atoms with Gasteiger partial charge in [-0.15, -0.1) is 0 Å². The van der Waals surface area contributed by atoms with Gasteiger partial charge in [0.1, 0.15) is 5.82 Å². The van der Waals surface area contributed by atoms with E-state index in [1.807, 2.05) is 0 Å². The van der Waals surface area contributed by atoms with Crippen LogP contribution in [0.2, 0.25) is 0 Å². The molecule has 17 heavy (non-hydrogen) atoms. The summed E-state index contributed by atoms with van der Waals surface area (Å²) in [6.45, 7) is 3.39. The van der Waals surface area contributed by atoms with E-state index in [0.717, 1.165) is 6.07 Å². The molecule has 2 rings (SSSR count). The molecule has 6 heteroatoms. The standard InChI is InChI=1S/C11H12F3N3/c1-10(2,15)9-16-6-8-7(11(12,13)14)4-3-5-17(8)9/h3-6H,15H2,1-2H3. The predicted molar refractivity (Wildman–Crippen MR) is 57.4 cm³/mol. The van der Waals surface area contributed by atoms with Crippen LogP contribution in [0, 0.1) is 0 Å². The zero-order valence-corrected chi connectivity index (χ0v) is 9.42. The van der Waals surface area contributed by atoms with Crippen LogP contribution in [0.15, 0.2) is 24.5 Å². The topological polar surface area (TPSA) is 43.3 Å². The molecule has 0 aromatic carbocycles. The molecule has 0 bridgehead atoms. The highest BCUT2D eigenvalue weighted by atomic mass is 19.4. The summed E-state index contributed by atoms with van der Waals surface area (Å²) in [6, 6.07) is 2.37. The van der Waals surface area contributed by atoms with Crippen molar-refractivity contribution in [3.05, 3.63) is 35.9 Å². The van der Waals surface area contributed by atoms with E-state index in [4.69, 9.17) is 5.73 Å². The van der Waals surface area contributed by atoms with E-state index < -0.39 is 17.3 Å². The van der Waals surface area contributed by atoms with Crippen LogP contribution in [0.4, 0.5) is 13.2 Å². The van der Waals surface area contributed by atoms with Crippen LogP contribution in [0.25, 0.3) is 5.52 Å². The van der Waals surface area contributed by atoms with Crippen molar-refractivity contribution in [2.75, 3.05) is 0 Å². The largest absolute Gasteiger partial charge is 0.418 e. The van der Waals surface area contributed by atoms with Gasteiger partial charge in [-0.1, -0.05) is 0 Å². The van der Waals surface area contributed by atoms with Crippen LogP contribution in [-0.2, 0) is 11.7 Å². The second kappa shape index (κ2) is 3.46. The van der Waals surface area contributed by atoms with Gasteiger partial charge in [-0.25, -0.2) is 4.98 Å². The number of alkyl halides is 3. The van der Waals surface area contributed by atoms with Crippen LogP contribution in [0.5, 0.6) is 0 Å². The van der Waals surface area contributed by atoms with E-state index in [1.165, 1.54) is 22.9 Å². The number of halogens is 3. The van der Waals surface area contributed by atoms with Crippen molar-refractivity contribution in [1.82, 2.24) is 9.38 Å². The minimum Gasteiger partial charge on any atom is -0.319 e. The Morgan fingerprint density at radius 3 is 2.47 bits per heavy atom. The second-order valence-corrected chi connectivity index (χ2v) is 4.48. The molecule has 2 heterocycles. The minimum atomic E-state index is -4.39. The maximum absolute atomic E-state index is 12.8. The zero-order chi connectivity index (χ0) is 12.8. The van der Waals surface area contributed by atoms with Crippen LogP contribution >= 0.6 is 0 Å². The average Bonchev–Trinajstić information content (AvgIpc) is 2.57. The molecule has 0 aliphatic heterocycles. The summed E-state index contributed by atoms with van der Waals surface area (Å²) in [7, 11) is 0. The number of aromatic nitrogens is 2. The Morgan fingerprint density at radius 1 is 1.29 bits per heavy atom. The van der Waals surface area contributed by atoms with E-state index >= 15 is 0 Å². The first kappa shape index (κ1) is 11.9. The van der Waals surface area contributed by atoms with Gasteiger partial charge in [0.15, 0.2) is 0 Å². The van der Waals surface area contributed by atoms with Crippen LogP contribution in [-0.4, -0.2) is 9.38 Å². The molecule has 0 amide bonds. The smallest absolute Gasteiger partial charge is 0.319 e. The lowest BCUT2D eigenvalue weighted by atomic mass is 10.1. The van der Waals surface area contributed by atoms with Gasteiger partial charge in [0, 0.05) is 6.20 Å². The third kappa shape index (κ3) is 2.00. The Hall–Kier alpha value is -1.56. The fourth-order valence-electron chi connectivity index (χ4n) is 1.74. The Kier molecular flexibility index (Phi) is 2.43. The molecule has 2 N–H and O–H groups in total. The Bertz CT molecular complexity index is 549. The highest BCUT2D eigenvalue weighted by molar-refractivity contribution is 5.56. The molecule has 0 atom stereocenters. The molecule has 0 fully saturated rings. The lowest BCUT2D eigenvalue weighted by Crippen LogP contribution is -2.31. The molecule has 0 aliphatic carbocycles. The molecule has 0 unspecified atom stereocenters. The van der Waals surface area contributed by atoms with Crippen molar-refractivity contribution in [3.8, 4) is 0 Å². The normalized spacial score (nSPS) is 13.3. The molecule has 0 saturated heterocycles. The first-order valence-corrected chi connectivity index (χ1v) is 5.04. The minimum absolute atomic E-state index is 0.0218. The molecule has 0 radical (unpaired) electrons. The Balaban J connectivity index is 2.74. The molecule has 3 nitrogen and oxygen atoms in total. The highest BCUT2D eigenvalue weighted by Gasteiger charge is 2.34. The Morgan fingerprint density at radius 2 is 1.94 bits per heavy atom. The van der Waals surface area contributed by atoms with Gasteiger partial charge in [0.05, 0.1) is 22.8 Å². The van der Waals surface area contributed by atoms with E-state index in [-0.39, 0.29) is 5.52 Å². The van der Waals surface area contributed by atoms with Gasteiger partial charge in [-0.3, -0.25) is 0 Å². The van der Waals surface area contributed by atoms with E-state index in [0.29, 0.717) is 5.82 Å². The molecular weight excluding hydrogens is 231 g/mol. The van der Waals surface area contributed by atoms with Crippen molar-refractivity contribution >= 4 is 5.52 Å².